The van der Waals surface area contributed by atoms with Crippen molar-refractivity contribution in [3.63, 3.8) is 0 Å². The Morgan fingerprint density at radius 3 is 2.79 bits per heavy atom. The number of allylic oxidation sites excluding steroid dienone is 2. The first-order valence-electron chi connectivity index (χ1n) is 8.62. The highest BCUT2D eigenvalue weighted by molar-refractivity contribution is 5.76. The molecule has 1 aliphatic carbocycles. The lowest BCUT2D eigenvalue weighted by Crippen LogP contribution is -2.37. The average Bonchev–Trinajstić information content (AvgIpc) is 2.70. The SMILES string of the molecule is C/C1=C\CC/C=C/[C@@H]2OC(=O)[C@@H](C)[C@@H]2[C@H](OC(=O)CC(C)(C)O)C1. The van der Waals surface area contributed by atoms with E-state index in [1.165, 1.54) is 0 Å². The van der Waals surface area contributed by atoms with Crippen LogP contribution in [-0.4, -0.2) is 34.9 Å². The largest absolute Gasteiger partial charge is 0.461 e. The summed E-state index contributed by atoms with van der Waals surface area (Å²) < 4.78 is 11.2. The standard InChI is InChI=1S/C19H28O5/c1-12-8-6-5-7-9-14-17(13(2)18(21)24-14)15(10-12)23-16(20)11-19(3,4)22/h7-9,13-15,17,22H,5-6,10-11H2,1-4H3/b9-7+,12-8+/t13-,14-,15+,17-/m0/s1. The van der Waals surface area contributed by atoms with Crippen molar-refractivity contribution in [3.05, 3.63) is 23.8 Å². The van der Waals surface area contributed by atoms with Crippen LogP contribution in [0.25, 0.3) is 0 Å². The third-order valence-electron chi connectivity index (χ3n) is 4.54. The molecule has 0 aromatic carbocycles. The van der Waals surface area contributed by atoms with Gasteiger partial charge in [0.15, 0.2) is 0 Å². The molecule has 1 N–H and O–H groups in total. The molecule has 1 aliphatic heterocycles. The Labute approximate surface area is 143 Å². The maximum atomic E-state index is 12.2. The number of carbonyl (C=O) groups is 2. The second kappa shape index (κ2) is 7.51. The zero-order valence-electron chi connectivity index (χ0n) is 15.0. The number of carbonyl (C=O) groups excluding carboxylic acids is 2. The van der Waals surface area contributed by atoms with Gasteiger partial charge in [0.05, 0.1) is 23.9 Å². The summed E-state index contributed by atoms with van der Waals surface area (Å²) in [6, 6.07) is 0. The molecule has 2 aliphatic rings. The average molecular weight is 336 g/mol. The minimum absolute atomic E-state index is 0.0807. The molecule has 0 aromatic rings. The molecule has 5 heteroatoms. The first kappa shape index (κ1) is 18.7. The molecule has 0 saturated carbocycles. The number of hydrogen-bond acceptors (Lipinski definition) is 5. The number of hydrogen-bond donors (Lipinski definition) is 1. The van der Waals surface area contributed by atoms with Crippen molar-refractivity contribution in [1.82, 2.24) is 0 Å². The highest BCUT2D eigenvalue weighted by atomic mass is 16.6. The normalized spacial score (nSPS) is 34.5. The fourth-order valence-corrected chi connectivity index (χ4v) is 3.34. The molecule has 0 spiro atoms. The first-order chi connectivity index (χ1) is 11.2. The van der Waals surface area contributed by atoms with Crippen LogP contribution in [0.1, 0.15) is 53.4 Å². The van der Waals surface area contributed by atoms with Gasteiger partial charge in [-0.2, -0.15) is 0 Å². The molecule has 0 unspecified atom stereocenters. The van der Waals surface area contributed by atoms with E-state index < -0.39 is 17.7 Å². The second-order valence-electron chi connectivity index (χ2n) is 7.55. The minimum atomic E-state index is -1.12. The highest BCUT2D eigenvalue weighted by Crippen LogP contribution is 2.36. The number of ether oxygens (including phenoxy) is 2. The van der Waals surface area contributed by atoms with Gasteiger partial charge in [0, 0.05) is 6.42 Å². The van der Waals surface area contributed by atoms with Crippen molar-refractivity contribution in [1.29, 1.82) is 0 Å². The Kier molecular flexibility index (Phi) is 5.86. The van der Waals surface area contributed by atoms with Gasteiger partial charge in [-0.25, -0.2) is 0 Å². The summed E-state index contributed by atoms with van der Waals surface area (Å²) in [5.41, 5.74) is 0.0156. The van der Waals surface area contributed by atoms with Crippen LogP contribution < -0.4 is 0 Å². The van der Waals surface area contributed by atoms with Crippen LogP contribution in [0.5, 0.6) is 0 Å². The number of aliphatic hydroxyl groups is 1. The monoisotopic (exact) mass is 336 g/mol. The van der Waals surface area contributed by atoms with Crippen molar-refractivity contribution < 1.29 is 24.2 Å². The van der Waals surface area contributed by atoms with Gasteiger partial charge in [-0.05, 0) is 39.7 Å². The molecule has 5 nitrogen and oxygen atoms in total. The molecule has 2 rings (SSSR count). The van der Waals surface area contributed by atoms with Crippen molar-refractivity contribution in [3.8, 4) is 0 Å². The number of fused-ring (bicyclic) bond motifs is 1. The summed E-state index contributed by atoms with van der Waals surface area (Å²) in [5, 5.41) is 9.83. The van der Waals surface area contributed by atoms with E-state index in [0.717, 1.165) is 18.4 Å². The molecule has 0 aromatic heterocycles. The third kappa shape index (κ3) is 4.94. The predicted octanol–water partition coefficient (Wildman–Crippen LogP) is 2.92. The third-order valence-corrected chi connectivity index (χ3v) is 4.54. The second-order valence-corrected chi connectivity index (χ2v) is 7.55. The fourth-order valence-electron chi connectivity index (χ4n) is 3.34. The van der Waals surface area contributed by atoms with Crippen molar-refractivity contribution in [2.45, 2.75) is 71.2 Å². The molecule has 24 heavy (non-hydrogen) atoms. The van der Waals surface area contributed by atoms with Crippen LogP contribution in [0.15, 0.2) is 23.8 Å². The van der Waals surface area contributed by atoms with E-state index in [1.807, 2.05) is 26.0 Å². The van der Waals surface area contributed by atoms with Crippen LogP contribution in [-0.2, 0) is 19.1 Å². The van der Waals surface area contributed by atoms with Crippen LogP contribution in [0.3, 0.4) is 0 Å². The number of rotatable bonds is 3. The molecule has 1 fully saturated rings. The smallest absolute Gasteiger partial charge is 0.309 e. The fraction of sp³-hybridized carbons (Fsp3) is 0.684. The molecule has 0 bridgehead atoms. The molecule has 0 amide bonds. The number of esters is 2. The Bertz CT molecular complexity index is 540. The van der Waals surface area contributed by atoms with Crippen LogP contribution >= 0.6 is 0 Å². The van der Waals surface area contributed by atoms with E-state index in [0.29, 0.717) is 6.42 Å². The summed E-state index contributed by atoms with van der Waals surface area (Å²) >= 11 is 0. The maximum Gasteiger partial charge on any atom is 0.309 e. The van der Waals surface area contributed by atoms with Gasteiger partial charge in [0.25, 0.3) is 0 Å². The highest BCUT2D eigenvalue weighted by Gasteiger charge is 2.46. The van der Waals surface area contributed by atoms with E-state index in [1.54, 1.807) is 13.8 Å². The minimum Gasteiger partial charge on any atom is -0.461 e. The van der Waals surface area contributed by atoms with Gasteiger partial charge in [-0.1, -0.05) is 24.6 Å². The van der Waals surface area contributed by atoms with Crippen molar-refractivity contribution in [2.75, 3.05) is 0 Å². The molecule has 1 heterocycles. The molecule has 0 radical (unpaired) electrons. The van der Waals surface area contributed by atoms with Gasteiger partial charge < -0.3 is 14.6 Å². The maximum absolute atomic E-state index is 12.2. The van der Waals surface area contributed by atoms with Crippen molar-refractivity contribution >= 4 is 11.9 Å². The van der Waals surface area contributed by atoms with Gasteiger partial charge in [0.2, 0.25) is 0 Å². The first-order valence-corrected chi connectivity index (χ1v) is 8.62. The summed E-state index contributed by atoms with van der Waals surface area (Å²) in [6.07, 6.45) is 7.58. The molecule has 1 saturated heterocycles. The van der Waals surface area contributed by atoms with Crippen LogP contribution in [0.2, 0.25) is 0 Å². The van der Waals surface area contributed by atoms with Gasteiger partial charge in [-0.3, -0.25) is 9.59 Å². The van der Waals surface area contributed by atoms with Gasteiger partial charge >= 0.3 is 11.9 Å². The lowest BCUT2D eigenvalue weighted by atomic mass is 9.83. The molecular formula is C19H28O5. The zero-order valence-corrected chi connectivity index (χ0v) is 15.0. The van der Waals surface area contributed by atoms with Crippen LogP contribution in [0.4, 0.5) is 0 Å². The molecule has 4 atom stereocenters. The Morgan fingerprint density at radius 2 is 2.12 bits per heavy atom. The summed E-state index contributed by atoms with van der Waals surface area (Å²) in [6.45, 7) is 6.98. The van der Waals surface area contributed by atoms with E-state index in [9.17, 15) is 14.7 Å². The van der Waals surface area contributed by atoms with E-state index >= 15 is 0 Å². The predicted molar refractivity (Wildman–Crippen MR) is 90.1 cm³/mol. The van der Waals surface area contributed by atoms with E-state index in [-0.39, 0.29) is 30.3 Å². The van der Waals surface area contributed by atoms with Gasteiger partial charge in [-0.15, -0.1) is 0 Å². The quantitative estimate of drug-likeness (QED) is 0.634. The van der Waals surface area contributed by atoms with E-state index in [2.05, 4.69) is 6.08 Å². The summed E-state index contributed by atoms with van der Waals surface area (Å²) in [4.78, 5) is 24.2. The molecule has 134 valence electrons. The Morgan fingerprint density at radius 1 is 1.42 bits per heavy atom. The summed E-state index contributed by atoms with van der Waals surface area (Å²) in [5.74, 6) is -1.24. The van der Waals surface area contributed by atoms with Crippen LogP contribution in [0, 0.1) is 11.8 Å². The van der Waals surface area contributed by atoms with Crippen molar-refractivity contribution in [2.24, 2.45) is 11.8 Å². The Balaban J connectivity index is 2.24. The van der Waals surface area contributed by atoms with Gasteiger partial charge in [0.1, 0.15) is 12.2 Å². The topological polar surface area (TPSA) is 72.8 Å². The lowest BCUT2D eigenvalue weighted by Gasteiger charge is -2.29. The lowest BCUT2D eigenvalue weighted by molar-refractivity contribution is -0.157. The molecular weight excluding hydrogens is 308 g/mol. The summed E-state index contributed by atoms with van der Waals surface area (Å²) in [7, 11) is 0. The van der Waals surface area contributed by atoms with E-state index in [4.69, 9.17) is 9.47 Å². The zero-order chi connectivity index (χ0) is 17.9. The Hall–Kier alpha value is -1.62.